The van der Waals surface area contributed by atoms with Gasteiger partial charge in [-0.1, -0.05) is 39.5 Å². The molecule has 1 aromatic rings. The number of nitrogens with one attached hydrogen (secondary N) is 1. The summed E-state index contributed by atoms with van der Waals surface area (Å²) < 4.78 is 2.20. The first-order valence-electron chi connectivity index (χ1n) is 7.05. The SMILES string of the molecule is CCCCCCC(C)Nc1nccn1CCC. The summed E-state index contributed by atoms with van der Waals surface area (Å²) in [7, 11) is 0. The van der Waals surface area contributed by atoms with E-state index in [0.29, 0.717) is 6.04 Å². The maximum Gasteiger partial charge on any atom is 0.202 e. The topological polar surface area (TPSA) is 29.9 Å². The lowest BCUT2D eigenvalue weighted by atomic mass is 10.1. The third-order valence-corrected chi connectivity index (χ3v) is 3.05. The lowest BCUT2D eigenvalue weighted by molar-refractivity contribution is 0.585. The summed E-state index contributed by atoms with van der Waals surface area (Å²) in [4.78, 5) is 4.37. The van der Waals surface area contributed by atoms with E-state index in [9.17, 15) is 0 Å². The van der Waals surface area contributed by atoms with Crippen molar-refractivity contribution in [3.63, 3.8) is 0 Å². The Morgan fingerprint density at radius 3 is 2.76 bits per heavy atom. The van der Waals surface area contributed by atoms with Gasteiger partial charge in [0.25, 0.3) is 0 Å². The monoisotopic (exact) mass is 237 g/mol. The van der Waals surface area contributed by atoms with Crippen molar-refractivity contribution >= 4 is 5.95 Å². The number of nitrogens with zero attached hydrogens (tertiary/aromatic N) is 2. The highest BCUT2D eigenvalue weighted by Crippen LogP contribution is 2.11. The zero-order valence-corrected chi connectivity index (χ0v) is 11.6. The molecule has 17 heavy (non-hydrogen) atoms. The molecule has 0 bridgehead atoms. The number of anilines is 1. The summed E-state index contributed by atoms with van der Waals surface area (Å²) in [6, 6.07) is 0.518. The Hall–Kier alpha value is -0.990. The van der Waals surface area contributed by atoms with Gasteiger partial charge in [0.15, 0.2) is 0 Å². The van der Waals surface area contributed by atoms with Gasteiger partial charge in [-0.2, -0.15) is 0 Å². The van der Waals surface area contributed by atoms with Gasteiger partial charge < -0.3 is 9.88 Å². The van der Waals surface area contributed by atoms with Crippen molar-refractivity contribution in [2.45, 2.75) is 71.9 Å². The standard InChI is InChI=1S/C14H27N3/c1-4-6-7-8-9-13(3)16-14-15-10-12-17(14)11-5-2/h10,12-13H,4-9,11H2,1-3H3,(H,15,16). The average Bonchev–Trinajstić information content (AvgIpc) is 2.73. The molecule has 1 rings (SSSR count). The molecule has 0 aliphatic carbocycles. The molecule has 0 saturated carbocycles. The van der Waals surface area contributed by atoms with Gasteiger partial charge in [-0.15, -0.1) is 0 Å². The lowest BCUT2D eigenvalue weighted by Gasteiger charge is -2.15. The highest BCUT2D eigenvalue weighted by Gasteiger charge is 2.06. The first-order chi connectivity index (χ1) is 8.27. The molecule has 1 unspecified atom stereocenters. The molecule has 0 aliphatic heterocycles. The van der Waals surface area contributed by atoms with Crippen LogP contribution in [0.1, 0.15) is 59.3 Å². The Kier molecular flexibility index (Phi) is 6.75. The van der Waals surface area contributed by atoms with Crippen LogP contribution in [0.3, 0.4) is 0 Å². The van der Waals surface area contributed by atoms with Crippen LogP contribution in [0.25, 0.3) is 0 Å². The van der Waals surface area contributed by atoms with Crippen molar-refractivity contribution in [3.05, 3.63) is 12.4 Å². The van der Waals surface area contributed by atoms with Crippen LogP contribution in [0.15, 0.2) is 12.4 Å². The van der Waals surface area contributed by atoms with Gasteiger partial charge in [-0.3, -0.25) is 0 Å². The Morgan fingerprint density at radius 1 is 1.24 bits per heavy atom. The molecule has 0 spiro atoms. The highest BCUT2D eigenvalue weighted by atomic mass is 15.2. The van der Waals surface area contributed by atoms with E-state index in [4.69, 9.17) is 0 Å². The maximum atomic E-state index is 4.37. The van der Waals surface area contributed by atoms with E-state index in [1.165, 1.54) is 32.1 Å². The number of rotatable bonds is 9. The van der Waals surface area contributed by atoms with Gasteiger partial charge in [0.05, 0.1) is 0 Å². The Morgan fingerprint density at radius 2 is 2.06 bits per heavy atom. The highest BCUT2D eigenvalue weighted by molar-refractivity contribution is 5.27. The predicted octanol–water partition coefficient (Wildman–Crippen LogP) is 4.06. The molecular formula is C14H27N3. The number of hydrogen-bond acceptors (Lipinski definition) is 2. The number of aromatic nitrogens is 2. The first kappa shape index (κ1) is 14.1. The molecule has 1 atom stereocenters. The second-order valence-electron chi connectivity index (χ2n) is 4.84. The van der Waals surface area contributed by atoms with Crippen LogP contribution in [-0.4, -0.2) is 15.6 Å². The van der Waals surface area contributed by atoms with Crippen LogP contribution in [0.5, 0.6) is 0 Å². The van der Waals surface area contributed by atoms with Crippen LogP contribution < -0.4 is 5.32 Å². The average molecular weight is 237 g/mol. The van der Waals surface area contributed by atoms with E-state index >= 15 is 0 Å². The van der Waals surface area contributed by atoms with Crippen LogP contribution in [0.2, 0.25) is 0 Å². The third-order valence-electron chi connectivity index (χ3n) is 3.05. The van der Waals surface area contributed by atoms with Crippen molar-refractivity contribution in [1.82, 2.24) is 9.55 Å². The molecule has 1 aromatic heterocycles. The maximum absolute atomic E-state index is 4.37. The second-order valence-corrected chi connectivity index (χ2v) is 4.84. The first-order valence-corrected chi connectivity index (χ1v) is 7.05. The number of unbranched alkanes of at least 4 members (excludes halogenated alkanes) is 3. The van der Waals surface area contributed by atoms with Gasteiger partial charge in [-0.25, -0.2) is 4.98 Å². The van der Waals surface area contributed by atoms with Gasteiger partial charge in [0.1, 0.15) is 0 Å². The molecule has 3 heteroatoms. The predicted molar refractivity (Wildman–Crippen MR) is 74.4 cm³/mol. The summed E-state index contributed by atoms with van der Waals surface area (Å²) in [6.45, 7) is 7.74. The smallest absolute Gasteiger partial charge is 0.202 e. The van der Waals surface area contributed by atoms with E-state index in [0.717, 1.165) is 18.9 Å². The zero-order chi connectivity index (χ0) is 12.5. The van der Waals surface area contributed by atoms with E-state index in [-0.39, 0.29) is 0 Å². The number of aryl methyl sites for hydroxylation is 1. The van der Waals surface area contributed by atoms with Gasteiger partial charge in [0.2, 0.25) is 5.95 Å². The van der Waals surface area contributed by atoms with E-state index < -0.39 is 0 Å². The molecule has 1 heterocycles. The van der Waals surface area contributed by atoms with Gasteiger partial charge in [0, 0.05) is 25.0 Å². The molecule has 0 aliphatic rings. The van der Waals surface area contributed by atoms with Crippen molar-refractivity contribution in [2.24, 2.45) is 0 Å². The number of imidazole rings is 1. The van der Waals surface area contributed by atoms with Gasteiger partial charge >= 0.3 is 0 Å². The molecule has 0 fully saturated rings. The fraction of sp³-hybridized carbons (Fsp3) is 0.786. The van der Waals surface area contributed by atoms with E-state index in [1.807, 2.05) is 6.20 Å². The van der Waals surface area contributed by atoms with Crippen LogP contribution in [-0.2, 0) is 6.54 Å². The van der Waals surface area contributed by atoms with Crippen molar-refractivity contribution in [3.8, 4) is 0 Å². The normalized spacial score (nSPS) is 12.6. The fourth-order valence-electron chi connectivity index (χ4n) is 2.04. The van der Waals surface area contributed by atoms with E-state index in [2.05, 4.69) is 41.8 Å². The minimum atomic E-state index is 0.518. The molecule has 3 nitrogen and oxygen atoms in total. The summed E-state index contributed by atoms with van der Waals surface area (Å²) in [5.74, 6) is 1.02. The number of hydrogen-bond donors (Lipinski definition) is 1. The Balaban J connectivity index is 2.29. The second kappa shape index (κ2) is 8.15. The van der Waals surface area contributed by atoms with Crippen molar-refractivity contribution < 1.29 is 0 Å². The Bertz CT molecular complexity index is 293. The van der Waals surface area contributed by atoms with Crippen molar-refractivity contribution in [2.75, 3.05) is 5.32 Å². The summed E-state index contributed by atoms with van der Waals surface area (Å²) in [5.41, 5.74) is 0. The van der Waals surface area contributed by atoms with Crippen molar-refractivity contribution in [1.29, 1.82) is 0 Å². The molecule has 0 saturated heterocycles. The van der Waals surface area contributed by atoms with Gasteiger partial charge in [-0.05, 0) is 19.8 Å². The minimum Gasteiger partial charge on any atom is -0.353 e. The lowest BCUT2D eigenvalue weighted by Crippen LogP contribution is -2.18. The molecule has 0 radical (unpaired) electrons. The molecule has 1 N–H and O–H groups in total. The summed E-state index contributed by atoms with van der Waals surface area (Å²) in [6.07, 6.45) is 11.6. The fourth-order valence-corrected chi connectivity index (χ4v) is 2.04. The van der Waals surface area contributed by atoms with Crippen LogP contribution >= 0.6 is 0 Å². The van der Waals surface area contributed by atoms with Crippen LogP contribution in [0.4, 0.5) is 5.95 Å². The molecule has 98 valence electrons. The zero-order valence-electron chi connectivity index (χ0n) is 11.6. The summed E-state index contributed by atoms with van der Waals surface area (Å²) >= 11 is 0. The largest absolute Gasteiger partial charge is 0.353 e. The molecule has 0 aromatic carbocycles. The molecule has 0 amide bonds. The quantitative estimate of drug-likeness (QED) is 0.656. The Labute approximate surface area is 106 Å². The molecular weight excluding hydrogens is 210 g/mol. The van der Waals surface area contributed by atoms with Crippen LogP contribution in [0, 0.1) is 0 Å². The van der Waals surface area contributed by atoms with E-state index in [1.54, 1.807) is 0 Å². The third kappa shape index (κ3) is 5.24. The minimum absolute atomic E-state index is 0.518. The summed E-state index contributed by atoms with van der Waals surface area (Å²) in [5, 5.41) is 3.50.